The van der Waals surface area contributed by atoms with E-state index in [2.05, 4.69) is 32.0 Å². The highest BCUT2D eigenvalue weighted by atomic mass is 32.1. The molecule has 0 bridgehead atoms. The van der Waals surface area contributed by atoms with E-state index >= 15 is 0 Å². The highest BCUT2D eigenvalue weighted by molar-refractivity contribution is 7.08. The van der Waals surface area contributed by atoms with Gasteiger partial charge in [0.25, 0.3) is 0 Å². The number of amides is 2. The molecular weight excluding hydrogens is 320 g/mol. The number of anilines is 2. The van der Waals surface area contributed by atoms with E-state index < -0.39 is 0 Å². The van der Waals surface area contributed by atoms with Gasteiger partial charge >= 0.3 is 6.03 Å². The Morgan fingerprint density at radius 1 is 1.21 bits per heavy atom. The van der Waals surface area contributed by atoms with Gasteiger partial charge in [-0.15, -0.1) is 0 Å². The first-order chi connectivity index (χ1) is 11.8. The molecule has 4 rings (SSSR count). The van der Waals surface area contributed by atoms with E-state index in [1.165, 1.54) is 18.4 Å². The summed E-state index contributed by atoms with van der Waals surface area (Å²) in [6.07, 6.45) is 6.27. The zero-order chi connectivity index (χ0) is 16.4. The van der Waals surface area contributed by atoms with E-state index in [1.807, 2.05) is 17.0 Å². The summed E-state index contributed by atoms with van der Waals surface area (Å²) >= 11 is 1.69. The maximum Gasteiger partial charge on any atom is 0.322 e. The molecule has 4 heterocycles. The third-order valence-corrected chi connectivity index (χ3v) is 5.58. The molecule has 2 aliphatic heterocycles. The Bertz CT molecular complexity index is 697. The molecule has 0 unspecified atom stereocenters. The van der Waals surface area contributed by atoms with Gasteiger partial charge in [-0.3, -0.25) is 0 Å². The van der Waals surface area contributed by atoms with Gasteiger partial charge in [-0.05, 0) is 60.2 Å². The van der Waals surface area contributed by atoms with Crippen molar-refractivity contribution in [3.05, 3.63) is 40.7 Å². The van der Waals surface area contributed by atoms with Crippen molar-refractivity contribution in [2.24, 2.45) is 0 Å². The van der Waals surface area contributed by atoms with E-state index in [1.54, 1.807) is 17.5 Å². The van der Waals surface area contributed by atoms with E-state index in [0.717, 1.165) is 44.0 Å². The monoisotopic (exact) mass is 342 g/mol. The molecule has 1 N–H and O–H groups in total. The molecule has 1 atom stereocenters. The quantitative estimate of drug-likeness (QED) is 0.913. The number of thiophene rings is 1. The van der Waals surface area contributed by atoms with Crippen LogP contribution in [0.25, 0.3) is 0 Å². The van der Waals surface area contributed by atoms with Crippen LogP contribution < -0.4 is 10.2 Å². The number of aromatic nitrogens is 1. The number of hydrogen-bond acceptors (Lipinski definition) is 4. The first-order valence-corrected chi connectivity index (χ1v) is 9.57. The summed E-state index contributed by atoms with van der Waals surface area (Å²) in [6.45, 7) is 2.84. The molecule has 6 heteroatoms. The van der Waals surface area contributed by atoms with Gasteiger partial charge in [0, 0.05) is 25.8 Å². The molecule has 0 spiro atoms. The fraction of sp³-hybridized carbons (Fsp3) is 0.444. The molecule has 0 aliphatic carbocycles. The van der Waals surface area contributed by atoms with Crippen molar-refractivity contribution in [3.8, 4) is 0 Å². The van der Waals surface area contributed by atoms with Crippen molar-refractivity contribution in [1.29, 1.82) is 0 Å². The molecular formula is C18H22N4OS. The topological polar surface area (TPSA) is 48.5 Å². The van der Waals surface area contributed by atoms with Crippen LogP contribution in [0.3, 0.4) is 0 Å². The van der Waals surface area contributed by atoms with Gasteiger partial charge in [0.15, 0.2) is 5.82 Å². The Kier molecular flexibility index (Phi) is 4.38. The first kappa shape index (κ1) is 15.4. The van der Waals surface area contributed by atoms with Crippen molar-refractivity contribution < 1.29 is 4.79 Å². The molecule has 2 fully saturated rings. The summed E-state index contributed by atoms with van der Waals surface area (Å²) < 4.78 is 0. The van der Waals surface area contributed by atoms with Crippen LogP contribution in [0, 0.1) is 0 Å². The molecule has 0 radical (unpaired) electrons. The summed E-state index contributed by atoms with van der Waals surface area (Å²) in [7, 11) is 0. The van der Waals surface area contributed by atoms with Gasteiger partial charge in [-0.25, -0.2) is 9.78 Å². The summed E-state index contributed by atoms with van der Waals surface area (Å²) in [5, 5.41) is 7.34. The third kappa shape index (κ3) is 2.98. The van der Waals surface area contributed by atoms with Crippen LogP contribution in [0.5, 0.6) is 0 Å². The van der Waals surface area contributed by atoms with Crippen LogP contribution in [-0.2, 0) is 0 Å². The number of rotatable bonds is 3. The zero-order valence-corrected chi connectivity index (χ0v) is 14.5. The number of urea groups is 1. The number of nitrogens with zero attached hydrogens (tertiary/aromatic N) is 3. The molecule has 2 amide bonds. The lowest BCUT2D eigenvalue weighted by molar-refractivity contribution is 0.207. The van der Waals surface area contributed by atoms with Crippen LogP contribution >= 0.6 is 11.3 Å². The largest absolute Gasteiger partial charge is 0.355 e. The summed E-state index contributed by atoms with van der Waals surface area (Å²) in [4.78, 5) is 21.6. The number of nitrogens with one attached hydrogen (secondary N) is 1. The molecule has 126 valence electrons. The summed E-state index contributed by atoms with van der Waals surface area (Å²) in [5.41, 5.74) is 2.07. The standard InChI is InChI=1S/C18H22N4OS/c23-18(22-11-4-6-16(22)14-7-12-24-13-14)20-15-5-3-8-19-17(15)21-9-1-2-10-21/h3,5,7-8,12-13,16H,1-2,4,6,9-11H2,(H,20,23)/t16-/m0/s1. The lowest BCUT2D eigenvalue weighted by Crippen LogP contribution is -2.35. The Hall–Kier alpha value is -2.08. The van der Waals surface area contributed by atoms with Gasteiger partial charge in [-0.1, -0.05) is 0 Å². The van der Waals surface area contributed by atoms with Crippen molar-refractivity contribution in [2.45, 2.75) is 31.7 Å². The van der Waals surface area contributed by atoms with E-state index in [4.69, 9.17) is 0 Å². The van der Waals surface area contributed by atoms with Crippen LogP contribution in [0.2, 0.25) is 0 Å². The number of carbonyl (C=O) groups is 1. The molecule has 24 heavy (non-hydrogen) atoms. The lowest BCUT2D eigenvalue weighted by Gasteiger charge is -2.26. The molecule has 0 saturated carbocycles. The van der Waals surface area contributed by atoms with Crippen LogP contribution in [0.1, 0.15) is 37.3 Å². The van der Waals surface area contributed by atoms with Gasteiger partial charge in [0.05, 0.1) is 11.7 Å². The van der Waals surface area contributed by atoms with Gasteiger partial charge in [-0.2, -0.15) is 11.3 Å². The average Bonchev–Trinajstić information content (AvgIpc) is 3.35. The minimum absolute atomic E-state index is 0.0165. The molecule has 2 aromatic rings. The van der Waals surface area contributed by atoms with Crippen molar-refractivity contribution in [3.63, 3.8) is 0 Å². The molecule has 5 nitrogen and oxygen atoms in total. The van der Waals surface area contributed by atoms with Crippen LogP contribution in [0.4, 0.5) is 16.3 Å². The van der Waals surface area contributed by atoms with E-state index in [0.29, 0.717) is 0 Å². The van der Waals surface area contributed by atoms with E-state index in [-0.39, 0.29) is 12.1 Å². The molecule has 2 saturated heterocycles. The Balaban J connectivity index is 1.52. The van der Waals surface area contributed by atoms with Gasteiger partial charge < -0.3 is 15.1 Å². The smallest absolute Gasteiger partial charge is 0.322 e. The molecule has 2 aromatic heterocycles. The lowest BCUT2D eigenvalue weighted by atomic mass is 10.1. The Labute approximate surface area is 146 Å². The highest BCUT2D eigenvalue weighted by Crippen LogP contribution is 2.34. The second kappa shape index (κ2) is 6.81. The minimum Gasteiger partial charge on any atom is -0.355 e. The second-order valence-corrected chi connectivity index (χ2v) is 7.19. The van der Waals surface area contributed by atoms with Crippen molar-refractivity contribution in [1.82, 2.24) is 9.88 Å². The first-order valence-electron chi connectivity index (χ1n) is 8.62. The molecule has 2 aliphatic rings. The fourth-order valence-corrected chi connectivity index (χ4v) is 4.39. The number of carbonyl (C=O) groups excluding carboxylic acids is 1. The number of pyridine rings is 1. The SMILES string of the molecule is O=C(Nc1cccnc1N1CCCC1)N1CCC[C@H]1c1ccsc1. The van der Waals surface area contributed by atoms with Crippen molar-refractivity contribution in [2.75, 3.05) is 29.9 Å². The summed E-state index contributed by atoms with van der Waals surface area (Å²) in [6, 6.07) is 6.14. The highest BCUT2D eigenvalue weighted by Gasteiger charge is 2.31. The van der Waals surface area contributed by atoms with Gasteiger partial charge in [0.2, 0.25) is 0 Å². The summed E-state index contributed by atoms with van der Waals surface area (Å²) in [5.74, 6) is 0.898. The van der Waals surface area contributed by atoms with Crippen LogP contribution in [0.15, 0.2) is 35.2 Å². The normalized spacial score (nSPS) is 20.6. The predicted molar refractivity (Wildman–Crippen MR) is 97.7 cm³/mol. The maximum atomic E-state index is 12.9. The number of hydrogen-bond donors (Lipinski definition) is 1. The van der Waals surface area contributed by atoms with Crippen molar-refractivity contribution >= 4 is 28.9 Å². The third-order valence-electron chi connectivity index (χ3n) is 4.88. The maximum absolute atomic E-state index is 12.9. The van der Waals surface area contributed by atoms with Crippen LogP contribution in [-0.4, -0.2) is 35.5 Å². The van der Waals surface area contributed by atoms with E-state index in [9.17, 15) is 4.79 Å². The Morgan fingerprint density at radius 2 is 2.08 bits per heavy atom. The second-order valence-electron chi connectivity index (χ2n) is 6.41. The fourth-order valence-electron chi connectivity index (χ4n) is 3.68. The minimum atomic E-state index is -0.0165. The predicted octanol–water partition coefficient (Wildman–Crippen LogP) is 4.11. The zero-order valence-electron chi connectivity index (χ0n) is 13.6. The Morgan fingerprint density at radius 3 is 2.88 bits per heavy atom. The average molecular weight is 342 g/mol. The van der Waals surface area contributed by atoms with Gasteiger partial charge in [0.1, 0.15) is 0 Å². The number of likely N-dealkylation sites (tertiary alicyclic amines) is 1. The molecule has 0 aromatic carbocycles.